The van der Waals surface area contributed by atoms with Gasteiger partial charge in [-0.15, -0.1) is 0 Å². The molecule has 0 radical (unpaired) electrons. The fourth-order valence-electron chi connectivity index (χ4n) is 2.99. The van der Waals surface area contributed by atoms with Crippen molar-refractivity contribution in [1.29, 1.82) is 0 Å². The summed E-state index contributed by atoms with van der Waals surface area (Å²) in [5.74, 6) is -0.358. The molecule has 0 aromatic heterocycles. The number of nitrogens with two attached hydrogens (primary N) is 2. The van der Waals surface area contributed by atoms with Gasteiger partial charge < -0.3 is 16.2 Å². The maximum atomic E-state index is 11.4. The Morgan fingerprint density at radius 3 is 2.94 bits per heavy atom. The summed E-state index contributed by atoms with van der Waals surface area (Å²) in [6.45, 7) is 4.72. The molecule has 1 heterocycles. The van der Waals surface area contributed by atoms with Crippen molar-refractivity contribution in [2.24, 2.45) is 11.5 Å². The Balaban J connectivity index is 1.99. The van der Waals surface area contributed by atoms with Crippen LogP contribution in [-0.2, 0) is 9.53 Å². The highest BCUT2D eigenvalue weighted by Gasteiger charge is 2.40. The lowest BCUT2D eigenvalue weighted by Gasteiger charge is -2.43. The van der Waals surface area contributed by atoms with Crippen molar-refractivity contribution in [3.63, 3.8) is 0 Å². The number of ether oxygens (including phenoxy) is 1. The highest BCUT2D eigenvalue weighted by atomic mass is 16.5. The number of hydrogen-bond acceptors (Lipinski definition) is 4. The van der Waals surface area contributed by atoms with Crippen molar-refractivity contribution in [2.45, 2.75) is 50.3 Å². The average Bonchev–Trinajstić information content (AvgIpc) is 2.29. The van der Waals surface area contributed by atoms with E-state index in [0.717, 1.165) is 39.0 Å². The largest absolute Gasteiger partial charge is 0.376 e. The van der Waals surface area contributed by atoms with Crippen molar-refractivity contribution in [1.82, 2.24) is 4.90 Å². The molecule has 5 heteroatoms. The summed E-state index contributed by atoms with van der Waals surface area (Å²) >= 11 is 0. The second-order valence-corrected chi connectivity index (χ2v) is 5.45. The first-order valence-corrected chi connectivity index (χ1v) is 6.46. The molecule has 3 atom stereocenters. The van der Waals surface area contributed by atoms with Gasteiger partial charge in [-0.1, -0.05) is 0 Å². The van der Waals surface area contributed by atoms with Crippen LogP contribution in [0.5, 0.6) is 0 Å². The van der Waals surface area contributed by atoms with Crippen LogP contribution in [0, 0.1) is 0 Å². The predicted octanol–water partition coefficient (Wildman–Crippen LogP) is -0.167. The van der Waals surface area contributed by atoms with E-state index in [-0.39, 0.29) is 12.0 Å². The van der Waals surface area contributed by atoms with Crippen LogP contribution < -0.4 is 11.5 Å². The van der Waals surface area contributed by atoms with Gasteiger partial charge in [-0.25, -0.2) is 0 Å². The lowest BCUT2D eigenvalue weighted by atomic mass is 9.78. The molecule has 4 N–H and O–H groups in total. The second kappa shape index (κ2) is 4.92. The summed E-state index contributed by atoms with van der Waals surface area (Å²) < 4.78 is 5.53. The first-order chi connectivity index (χ1) is 8.01. The van der Waals surface area contributed by atoms with E-state index >= 15 is 0 Å². The summed E-state index contributed by atoms with van der Waals surface area (Å²) in [6.07, 6.45) is 3.77. The molecule has 98 valence electrons. The van der Waals surface area contributed by atoms with E-state index in [4.69, 9.17) is 16.2 Å². The molecule has 1 aliphatic heterocycles. The van der Waals surface area contributed by atoms with Crippen LogP contribution in [0.25, 0.3) is 0 Å². The normalized spacial score (nSPS) is 40.1. The lowest BCUT2D eigenvalue weighted by molar-refractivity contribution is -0.125. The van der Waals surface area contributed by atoms with Gasteiger partial charge in [0.05, 0.1) is 18.2 Å². The Morgan fingerprint density at radius 1 is 1.53 bits per heavy atom. The van der Waals surface area contributed by atoms with E-state index < -0.39 is 5.54 Å². The molecule has 1 saturated carbocycles. The summed E-state index contributed by atoms with van der Waals surface area (Å²) in [7, 11) is 0. The molecule has 1 amide bonds. The lowest BCUT2D eigenvalue weighted by Crippen LogP contribution is -2.59. The Hall–Kier alpha value is -0.650. The van der Waals surface area contributed by atoms with Crippen LogP contribution in [0.1, 0.15) is 32.6 Å². The molecule has 0 spiro atoms. The third kappa shape index (κ3) is 2.78. The Morgan fingerprint density at radius 2 is 2.29 bits per heavy atom. The molecular formula is C12H23N3O2. The fourth-order valence-corrected chi connectivity index (χ4v) is 2.99. The van der Waals surface area contributed by atoms with Crippen LogP contribution in [-0.4, -0.2) is 48.2 Å². The molecule has 2 rings (SSSR count). The van der Waals surface area contributed by atoms with Crippen molar-refractivity contribution >= 4 is 5.91 Å². The maximum absolute atomic E-state index is 11.4. The van der Waals surface area contributed by atoms with Crippen molar-refractivity contribution in [2.75, 3.05) is 19.7 Å². The number of carbonyl (C=O) groups excluding carboxylic acids is 1. The standard InChI is InChI=1S/C12H23N3O2/c1-9-8-15(5-6-17-9)10-3-2-4-12(14,7-10)11(13)16/h9-10H,2-8,14H2,1H3,(H2,13,16). The highest BCUT2D eigenvalue weighted by Crippen LogP contribution is 2.30. The van der Waals surface area contributed by atoms with Gasteiger partial charge in [-0.05, 0) is 32.6 Å². The molecular weight excluding hydrogens is 218 g/mol. The molecule has 17 heavy (non-hydrogen) atoms. The SMILES string of the molecule is CC1CN(C2CCCC(N)(C(N)=O)C2)CCO1. The number of hydrogen-bond donors (Lipinski definition) is 2. The number of carbonyl (C=O) groups is 1. The van der Waals surface area contributed by atoms with Gasteiger partial charge in [0.15, 0.2) is 0 Å². The zero-order valence-electron chi connectivity index (χ0n) is 10.5. The number of nitrogens with zero attached hydrogens (tertiary/aromatic N) is 1. The Labute approximate surface area is 102 Å². The van der Waals surface area contributed by atoms with E-state index in [0.29, 0.717) is 12.5 Å². The quantitative estimate of drug-likeness (QED) is 0.703. The molecule has 1 aliphatic carbocycles. The van der Waals surface area contributed by atoms with E-state index in [9.17, 15) is 4.79 Å². The smallest absolute Gasteiger partial charge is 0.237 e. The molecule has 2 fully saturated rings. The molecule has 2 aliphatic rings. The van der Waals surface area contributed by atoms with Gasteiger partial charge in [0, 0.05) is 19.1 Å². The van der Waals surface area contributed by atoms with Gasteiger partial charge in [-0.3, -0.25) is 9.69 Å². The van der Waals surface area contributed by atoms with Crippen LogP contribution in [0.4, 0.5) is 0 Å². The number of amides is 1. The van der Waals surface area contributed by atoms with Crippen molar-refractivity contribution in [3.05, 3.63) is 0 Å². The van der Waals surface area contributed by atoms with Gasteiger partial charge in [0.25, 0.3) is 0 Å². The van der Waals surface area contributed by atoms with Crippen molar-refractivity contribution in [3.8, 4) is 0 Å². The summed E-state index contributed by atoms with van der Waals surface area (Å²) in [5, 5.41) is 0. The zero-order chi connectivity index (χ0) is 12.5. The molecule has 3 unspecified atom stereocenters. The zero-order valence-corrected chi connectivity index (χ0v) is 10.5. The van der Waals surface area contributed by atoms with E-state index in [1.54, 1.807) is 0 Å². The fraction of sp³-hybridized carbons (Fsp3) is 0.917. The van der Waals surface area contributed by atoms with Crippen LogP contribution in [0.15, 0.2) is 0 Å². The van der Waals surface area contributed by atoms with Crippen molar-refractivity contribution < 1.29 is 9.53 Å². The molecule has 1 saturated heterocycles. The van der Waals surface area contributed by atoms with Gasteiger partial charge >= 0.3 is 0 Å². The molecule has 0 bridgehead atoms. The summed E-state index contributed by atoms with van der Waals surface area (Å²) in [5.41, 5.74) is 10.7. The molecule has 5 nitrogen and oxygen atoms in total. The summed E-state index contributed by atoms with van der Waals surface area (Å²) in [4.78, 5) is 13.8. The molecule has 0 aromatic carbocycles. The summed E-state index contributed by atoms with van der Waals surface area (Å²) in [6, 6.07) is 0.382. The Kier molecular flexibility index (Phi) is 3.70. The van der Waals surface area contributed by atoms with Gasteiger partial charge in [-0.2, -0.15) is 0 Å². The topological polar surface area (TPSA) is 81.6 Å². The monoisotopic (exact) mass is 241 g/mol. The maximum Gasteiger partial charge on any atom is 0.237 e. The number of primary amides is 1. The minimum atomic E-state index is -0.801. The van der Waals surface area contributed by atoms with Crippen LogP contribution in [0.2, 0.25) is 0 Å². The third-order valence-corrected chi connectivity index (χ3v) is 4.04. The highest BCUT2D eigenvalue weighted by molar-refractivity contribution is 5.84. The Bertz CT molecular complexity index is 297. The van der Waals surface area contributed by atoms with E-state index in [1.807, 2.05) is 0 Å². The molecule has 0 aromatic rings. The average molecular weight is 241 g/mol. The van der Waals surface area contributed by atoms with Crippen LogP contribution >= 0.6 is 0 Å². The first-order valence-electron chi connectivity index (χ1n) is 6.46. The predicted molar refractivity (Wildman–Crippen MR) is 65.4 cm³/mol. The third-order valence-electron chi connectivity index (χ3n) is 4.04. The van der Waals surface area contributed by atoms with Gasteiger partial charge in [0.1, 0.15) is 0 Å². The van der Waals surface area contributed by atoms with Crippen LogP contribution in [0.3, 0.4) is 0 Å². The minimum absolute atomic E-state index is 0.270. The first kappa shape index (κ1) is 12.8. The number of morpholine rings is 1. The van der Waals surface area contributed by atoms with E-state index in [2.05, 4.69) is 11.8 Å². The van der Waals surface area contributed by atoms with Gasteiger partial charge in [0.2, 0.25) is 5.91 Å². The van der Waals surface area contributed by atoms with E-state index in [1.165, 1.54) is 0 Å². The number of rotatable bonds is 2. The second-order valence-electron chi connectivity index (χ2n) is 5.45. The minimum Gasteiger partial charge on any atom is -0.376 e.